The Hall–Kier alpha value is -1.77. The molecule has 0 atom stereocenters. The molecule has 0 bridgehead atoms. The first-order valence-electron chi connectivity index (χ1n) is 8.57. The van der Waals surface area contributed by atoms with Crippen molar-refractivity contribution in [2.24, 2.45) is 0 Å². The van der Waals surface area contributed by atoms with Gasteiger partial charge in [0.15, 0.2) is 22.9 Å². The van der Waals surface area contributed by atoms with Crippen LogP contribution in [0.25, 0.3) is 6.08 Å². The van der Waals surface area contributed by atoms with Gasteiger partial charge in [-0.3, -0.25) is 9.59 Å². The van der Waals surface area contributed by atoms with E-state index in [0.29, 0.717) is 23.1 Å². The van der Waals surface area contributed by atoms with Gasteiger partial charge in [-0.05, 0) is 44.8 Å². The number of aromatic hydroxyl groups is 1. The van der Waals surface area contributed by atoms with E-state index in [4.69, 9.17) is 14.0 Å². The van der Waals surface area contributed by atoms with Gasteiger partial charge in [0.05, 0.1) is 23.9 Å². The average molecular weight is 392 g/mol. The summed E-state index contributed by atoms with van der Waals surface area (Å²) in [5.41, 5.74) is 0.232. The number of carbonyl (C=O) groups excluding carboxylic acids is 2. The number of rotatable bonds is 6. The molecule has 146 valence electrons. The van der Waals surface area contributed by atoms with E-state index in [1.54, 1.807) is 18.2 Å². The molecule has 1 aromatic rings. The first-order valence-corrected chi connectivity index (χ1v) is 9.55. The number of phenolic OH excluding ortho intramolecular Hbond substituents is 1. The standard InChI is InChI=1S/C19H25BO6S/c1-12(22)27-11-14(20-25-18(2,3)19(4,5)26-20)9-13-7-8-16(24-6)17(23)15(13)10-21/h7-10,23H,11H2,1-6H3. The zero-order chi connectivity index (χ0) is 20.4. The lowest BCUT2D eigenvalue weighted by molar-refractivity contribution is -0.109. The monoisotopic (exact) mass is 392 g/mol. The average Bonchev–Trinajstić information content (AvgIpc) is 2.79. The predicted octanol–water partition coefficient (Wildman–Crippen LogP) is 3.51. The van der Waals surface area contributed by atoms with Gasteiger partial charge in [0, 0.05) is 12.7 Å². The SMILES string of the molecule is COc1ccc(C=C(CSC(C)=O)B2OC(C)(C)C(C)(C)O2)c(C=O)c1O. The number of aldehydes is 1. The van der Waals surface area contributed by atoms with Crippen LogP contribution in [-0.2, 0) is 14.1 Å². The third-order valence-electron chi connectivity index (χ3n) is 4.89. The van der Waals surface area contributed by atoms with Gasteiger partial charge in [0.25, 0.3) is 0 Å². The maximum Gasteiger partial charge on any atom is 0.491 e. The van der Waals surface area contributed by atoms with E-state index in [0.717, 1.165) is 11.8 Å². The Morgan fingerprint density at radius 3 is 2.33 bits per heavy atom. The summed E-state index contributed by atoms with van der Waals surface area (Å²) in [7, 11) is 0.754. The number of methoxy groups -OCH3 is 1. The second-order valence-electron chi connectivity index (χ2n) is 7.32. The summed E-state index contributed by atoms with van der Waals surface area (Å²) in [6.07, 6.45) is 2.30. The summed E-state index contributed by atoms with van der Waals surface area (Å²) in [4.78, 5) is 23.0. The minimum absolute atomic E-state index is 0.0365. The molecular formula is C19H25BO6S. The first-order chi connectivity index (χ1) is 12.5. The molecular weight excluding hydrogens is 367 g/mol. The highest BCUT2D eigenvalue weighted by molar-refractivity contribution is 8.13. The Kier molecular flexibility index (Phi) is 6.45. The van der Waals surface area contributed by atoms with Crippen molar-refractivity contribution in [2.45, 2.75) is 45.8 Å². The van der Waals surface area contributed by atoms with Crippen LogP contribution in [-0.4, -0.2) is 47.7 Å². The van der Waals surface area contributed by atoms with E-state index in [2.05, 4.69) is 0 Å². The van der Waals surface area contributed by atoms with Gasteiger partial charge in [-0.1, -0.05) is 23.9 Å². The van der Waals surface area contributed by atoms with Gasteiger partial charge in [0.2, 0.25) is 0 Å². The second-order valence-corrected chi connectivity index (χ2v) is 8.48. The lowest BCUT2D eigenvalue weighted by atomic mass is 9.78. The molecule has 2 rings (SSSR count). The van der Waals surface area contributed by atoms with Crippen molar-refractivity contribution in [3.05, 3.63) is 28.7 Å². The number of carbonyl (C=O) groups is 2. The zero-order valence-corrected chi connectivity index (χ0v) is 17.3. The van der Waals surface area contributed by atoms with Crippen LogP contribution >= 0.6 is 11.8 Å². The van der Waals surface area contributed by atoms with Crippen molar-refractivity contribution in [3.8, 4) is 11.5 Å². The van der Waals surface area contributed by atoms with E-state index < -0.39 is 18.3 Å². The second kappa shape index (κ2) is 8.08. The quantitative estimate of drug-likeness (QED) is 0.586. The maximum absolute atomic E-state index is 11.5. The number of benzene rings is 1. The van der Waals surface area contributed by atoms with Crippen LogP contribution in [0.2, 0.25) is 0 Å². The summed E-state index contributed by atoms with van der Waals surface area (Å²) in [5, 5.41) is 10.2. The van der Waals surface area contributed by atoms with Crippen molar-refractivity contribution in [1.29, 1.82) is 0 Å². The molecule has 1 heterocycles. The molecule has 1 aromatic carbocycles. The van der Waals surface area contributed by atoms with Gasteiger partial charge in [-0.15, -0.1) is 0 Å². The van der Waals surface area contributed by atoms with Gasteiger partial charge in [-0.2, -0.15) is 0 Å². The Labute approximate surface area is 164 Å². The molecule has 0 aromatic heterocycles. The topological polar surface area (TPSA) is 82.1 Å². The van der Waals surface area contributed by atoms with Crippen LogP contribution in [0.1, 0.15) is 50.5 Å². The highest BCUT2D eigenvalue weighted by Crippen LogP contribution is 2.40. The predicted molar refractivity (Wildman–Crippen MR) is 107 cm³/mol. The third-order valence-corrected chi connectivity index (χ3v) is 5.77. The minimum atomic E-state index is -0.661. The molecule has 0 radical (unpaired) electrons. The molecule has 1 saturated heterocycles. The fourth-order valence-corrected chi connectivity index (χ4v) is 3.16. The molecule has 1 aliphatic rings. The third kappa shape index (κ3) is 4.56. The molecule has 0 spiro atoms. The van der Waals surface area contributed by atoms with Crippen LogP contribution in [0.15, 0.2) is 17.6 Å². The number of ether oxygens (including phenoxy) is 1. The van der Waals surface area contributed by atoms with Crippen LogP contribution in [0, 0.1) is 0 Å². The van der Waals surface area contributed by atoms with Crippen LogP contribution < -0.4 is 4.74 Å². The van der Waals surface area contributed by atoms with Crippen molar-refractivity contribution in [2.75, 3.05) is 12.9 Å². The summed E-state index contributed by atoms with van der Waals surface area (Å²) in [6, 6.07) is 3.25. The molecule has 8 heteroatoms. The van der Waals surface area contributed by atoms with E-state index in [-0.39, 0.29) is 22.2 Å². The Balaban J connectivity index is 2.48. The molecule has 1 N–H and O–H groups in total. The number of phenols is 1. The smallest absolute Gasteiger partial charge is 0.491 e. The van der Waals surface area contributed by atoms with Gasteiger partial charge >= 0.3 is 7.12 Å². The first kappa shape index (κ1) is 21.5. The Bertz CT molecular complexity index is 756. The lowest BCUT2D eigenvalue weighted by Gasteiger charge is -2.32. The molecule has 0 unspecified atom stereocenters. The van der Waals surface area contributed by atoms with E-state index in [1.807, 2.05) is 27.7 Å². The van der Waals surface area contributed by atoms with Gasteiger partial charge < -0.3 is 19.2 Å². The minimum Gasteiger partial charge on any atom is -0.504 e. The van der Waals surface area contributed by atoms with Crippen molar-refractivity contribution >= 4 is 36.4 Å². The van der Waals surface area contributed by atoms with E-state index in [1.165, 1.54) is 14.0 Å². The van der Waals surface area contributed by atoms with Crippen molar-refractivity contribution in [1.82, 2.24) is 0 Å². The molecule has 27 heavy (non-hydrogen) atoms. The van der Waals surface area contributed by atoms with Crippen LogP contribution in [0.4, 0.5) is 0 Å². The number of hydrogen-bond acceptors (Lipinski definition) is 7. The highest BCUT2D eigenvalue weighted by atomic mass is 32.2. The molecule has 0 saturated carbocycles. The Morgan fingerprint density at radius 1 is 1.26 bits per heavy atom. The fourth-order valence-electron chi connectivity index (χ4n) is 2.57. The molecule has 0 aliphatic carbocycles. The lowest BCUT2D eigenvalue weighted by Crippen LogP contribution is -2.41. The van der Waals surface area contributed by atoms with Crippen molar-refractivity contribution < 1.29 is 28.7 Å². The van der Waals surface area contributed by atoms with Crippen molar-refractivity contribution in [3.63, 3.8) is 0 Å². The number of thioether (sulfide) groups is 1. The summed E-state index contributed by atoms with van der Waals surface area (Å²) in [5.74, 6) is 0.329. The zero-order valence-electron chi connectivity index (χ0n) is 16.5. The maximum atomic E-state index is 11.5. The fraction of sp³-hybridized carbons (Fsp3) is 0.474. The molecule has 1 aliphatic heterocycles. The molecule has 0 amide bonds. The molecule has 1 fully saturated rings. The highest BCUT2D eigenvalue weighted by Gasteiger charge is 2.52. The largest absolute Gasteiger partial charge is 0.504 e. The van der Waals surface area contributed by atoms with Gasteiger partial charge in [-0.25, -0.2) is 0 Å². The van der Waals surface area contributed by atoms with Gasteiger partial charge in [0.1, 0.15) is 0 Å². The Morgan fingerprint density at radius 2 is 1.85 bits per heavy atom. The molecule has 6 nitrogen and oxygen atoms in total. The summed E-state index contributed by atoms with van der Waals surface area (Å²) < 4.78 is 17.2. The van der Waals surface area contributed by atoms with Crippen LogP contribution in [0.5, 0.6) is 11.5 Å². The normalized spacial score (nSPS) is 18.4. The van der Waals surface area contributed by atoms with E-state index in [9.17, 15) is 14.7 Å². The summed E-state index contributed by atoms with van der Waals surface area (Å²) >= 11 is 1.13. The number of hydrogen-bond donors (Lipinski definition) is 1. The van der Waals surface area contributed by atoms with Crippen LogP contribution in [0.3, 0.4) is 0 Å². The van der Waals surface area contributed by atoms with E-state index >= 15 is 0 Å². The summed E-state index contributed by atoms with van der Waals surface area (Å²) in [6.45, 7) is 9.26.